The summed E-state index contributed by atoms with van der Waals surface area (Å²) in [4.78, 5) is 24.2. The van der Waals surface area contributed by atoms with Gasteiger partial charge in [0.05, 0.1) is 30.1 Å². The molecule has 0 atom stereocenters. The van der Waals surface area contributed by atoms with Crippen molar-refractivity contribution < 1.29 is 28.9 Å². The fourth-order valence-electron chi connectivity index (χ4n) is 3.01. The Morgan fingerprint density at radius 2 is 1.97 bits per heavy atom. The van der Waals surface area contributed by atoms with Gasteiger partial charge in [-0.3, -0.25) is 9.59 Å². The molecule has 3 N–H and O–H groups in total. The zero-order valence-electron chi connectivity index (χ0n) is 16.9. The van der Waals surface area contributed by atoms with Crippen molar-refractivity contribution >= 4 is 29.0 Å². The molecule has 0 aliphatic rings. The average Bonchev–Trinajstić information content (AvgIpc) is 2.69. The fourth-order valence-corrected chi connectivity index (χ4v) is 3.01. The van der Waals surface area contributed by atoms with Gasteiger partial charge in [-0.25, -0.2) is 9.37 Å². The first-order valence-electron chi connectivity index (χ1n) is 9.17. The van der Waals surface area contributed by atoms with Crippen LogP contribution in [0.25, 0.3) is 22.2 Å². The van der Waals surface area contributed by atoms with Crippen LogP contribution in [0.15, 0.2) is 36.4 Å². The number of carbonyl (C=O) groups excluding carboxylic acids is 1. The van der Waals surface area contributed by atoms with Gasteiger partial charge in [-0.15, -0.1) is 0 Å². The highest BCUT2D eigenvalue weighted by molar-refractivity contribution is 5.94. The number of nitrogens with zero attached hydrogens (tertiary/aromatic N) is 1. The number of aromatic nitrogens is 1. The molecule has 3 aromatic rings. The molecule has 0 radical (unpaired) electrons. The highest BCUT2D eigenvalue weighted by Crippen LogP contribution is 2.30. The number of aliphatic hydroxyl groups is 1. The second-order valence-corrected chi connectivity index (χ2v) is 6.37. The number of aliphatic hydroxyl groups excluding tert-OH is 1. The first-order valence-corrected chi connectivity index (χ1v) is 9.17. The maximum absolute atomic E-state index is 14.3. The van der Waals surface area contributed by atoms with E-state index in [1.807, 2.05) is 32.0 Å². The molecule has 0 fully saturated rings. The number of halogens is 1. The molecule has 3 rings (SSSR count). The summed E-state index contributed by atoms with van der Waals surface area (Å²) in [5.41, 5.74) is 3.68. The van der Waals surface area contributed by atoms with E-state index in [9.17, 15) is 14.3 Å². The van der Waals surface area contributed by atoms with E-state index in [1.165, 1.54) is 13.0 Å². The summed E-state index contributed by atoms with van der Waals surface area (Å²) < 4.78 is 19.8. The minimum atomic E-state index is -0.538. The van der Waals surface area contributed by atoms with Crippen LogP contribution in [0.1, 0.15) is 25.0 Å². The quantitative estimate of drug-likeness (QED) is 0.547. The summed E-state index contributed by atoms with van der Waals surface area (Å²) in [5.74, 6) is -0.238. The van der Waals surface area contributed by atoms with Crippen molar-refractivity contribution in [3.8, 4) is 17.0 Å². The van der Waals surface area contributed by atoms with Gasteiger partial charge in [0.2, 0.25) is 5.91 Å². The normalized spacial score (nSPS) is 10.2. The number of rotatable bonds is 5. The Labute approximate surface area is 173 Å². The van der Waals surface area contributed by atoms with Crippen molar-refractivity contribution in [1.82, 2.24) is 4.98 Å². The van der Waals surface area contributed by atoms with Crippen LogP contribution in [0.2, 0.25) is 0 Å². The number of fused-ring (bicyclic) bond motifs is 1. The van der Waals surface area contributed by atoms with Gasteiger partial charge in [0.25, 0.3) is 6.47 Å². The molecule has 0 saturated heterocycles. The lowest BCUT2D eigenvalue weighted by atomic mass is 10.0. The third-order valence-corrected chi connectivity index (χ3v) is 4.24. The van der Waals surface area contributed by atoms with Gasteiger partial charge in [-0.1, -0.05) is 0 Å². The Balaban J connectivity index is 0.00000101. The molecule has 7 nitrogen and oxygen atoms in total. The van der Waals surface area contributed by atoms with Crippen molar-refractivity contribution in [2.75, 3.05) is 11.9 Å². The smallest absolute Gasteiger partial charge is 0.290 e. The number of pyridine rings is 1. The van der Waals surface area contributed by atoms with Crippen molar-refractivity contribution in [2.45, 2.75) is 27.4 Å². The molecule has 0 spiro atoms. The number of hydrogen-bond donors (Lipinski definition) is 3. The van der Waals surface area contributed by atoms with Gasteiger partial charge < -0.3 is 20.3 Å². The van der Waals surface area contributed by atoms with Crippen LogP contribution in [0.5, 0.6) is 5.75 Å². The van der Waals surface area contributed by atoms with E-state index in [2.05, 4.69) is 10.3 Å². The standard InChI is InChI=1S/C21H21FN2O3.CH2O2/c1-4-27-21-6-5-14(8-15(21)11-25)18-7-12(2)16-9-20(23-13(3)26)17(22)10-19(16)24-18;2-1-3/h5-10,25H,4,11H2,1-3H3,(H,23,26);1H,(H,2,3). The SMILES string of the molecule is CCOc1ccc(-c2cc(C)c3cc(NC(C)=O)c(F)cc3n2)cc1CO.O=CO. The van der Waals surface area contributed by atoms with Crippen LogP contribution >= 0.6 is 0 Å². The third-order valence-electron chi connectivity index (χ3n) is 4.24. The number of ether oxygens (including phenoxy) is 1. The molecule has 2 aromatic carbocycles. The van der Waals surface area contributed by atoms with Crippen LogP contribution in [0.4, 0.5) is 10.1 Å². The zero-order valence-corrected chi connectivity index (χ0v) is 16.9. The Morgan fingerprint density at radius 3 is 2.57 bits per heavy atom. The second kappa shape index (κ2) is 10.3. The summed E-state index contributed by atoms with van der Waals surface area (Å²) in [6, 6.07) is 10.3. The number of carboxylic acid groups (broad SMARTS) is 1. The topological polar surface area (TPSA) is 109 Å². The summed E-state index contributed by atoms with van der Waals surface area (Å²) in [5, 5.41) is 19.7. The predicted octanol–water partition coefficient (Wildman–Crippen LogP) is 3.90. The summed E-state index contributed by atoms with van der Waals surface area (Å²) in [6.07, 6.45) is 0. The number of hydrogen-bond acceptors (Lipinski definition) is 5. The van der Waals surface area contributed by atoms with Crippen molar-refractivity contribution in [3.05, 3.63) is 53.3 Å². The largest absolute Gasteiger partial charge is 0.494 e. The van der Waals surface area contributed by atoms with Crippen molar-refractivity contribution in [1.29, 1.82) is 0 Å². The number of carbonyl (C=O) groups is 2. The van der Waals surface area contributed by atoms with Crippen molar-refractivity contribution in [3.63, 3.8) is 0 Å². The molecule has 0 unspecified atom stereocenters. The van der Waals surface area contributed by atoms with Crippen LogP contribution in [-0.2, 0) is 16.2 Å². The first kappa shape index (κ1) is 22.8. The van der Waals surface area contributed by atoms with E-state index in [0.29, 0.717) is 29.1 Å². The number of benzene rings is 2. The van der Waals surface area contributed by atoms with Crippen LogP contribution in [0, 0.1) is 12.7 Å². The van der Waals surface area contributed by atoms with E-state index in [0.717, 1.165) is 16.5 Å². The lowest BCUT2D eigenvalue weighted by Gasteiger charge is -2.12. The second-order valence-electron chi connectivity index (χ2n) is 6.37. The molecule has 0 aliphatic heterocycles. The lowest BCUT2D eigenvalue weighted by molar-refractivity contribution is -0.123. The van der Waals surface area contributed by atoms with Gasteiger partial charge in [0, 0.05) is 29.5 Å². The summed E-state index contributed by atoms with van der Waals surface area (Å²) >= 11 is 0. The molecule has 1 aromatic heterocycles. The minimum Gasteiger partial charge on any atom is -0.494 e. The van der Waals surface area contributed by atoms with Gasteiger partial charge in [-0.2, -0.15) is 0 Å². The number of aryl methyl sites for hydroxylation is 1. The fraction of sp³-hybridized carbons (Fsp3) is 0.227. The Kier molecular flexibility index (Phi) is 7.83. The van der Waals surface area contributed by atoms with E-state index >= 15 is 0 Å². The van der Waals surface area contributed by atoms with E-state index < -0.39 is 5.82 Å². The molecular weight excluding hydrogens is 391 g/mol. The third kappa shape index (κ3) is 5.30. The summed E-state index contributed by atoms with van der Waals surface area (Å²) in [6.45, 7) is 5.24. The maximum Gasteiger partial charge on any atom is 0.290 e. The van der Waals surface area contributed by atoms with Crippen LogP contribution < -0.4 is 10.1 Å². The Morgan fingerprint density at radius 1 is 1.27 bits per heavy atom. The molecule has 1 amide bonds. The average molecular weight is 414 g/mol. The van der Waals surface area contributed by atoms with Crippen LogP contribution in [-0.4, -0.2) is 34.2 Å². The van der Waals surface area contributed by atoms with Gasteiger partial charge >= 0.3 is 0 Å². The molecular formula is C22H23FN2O5. The molecule has 0 aliphatic carbocycles. The highest BCUT2D eigenvalue weighted by Gasteiger charge is 2.12. The monoisotopic (exact) mass is 414 g/mol. The van der Waals surface area contributed by atoms with Crippen molar-refractivity contribution in [2.24, 2.45) is 0 Å². The Bertz CT molecular complexity index is 1070. The number of amides is 1. The first-order chi connectivity index (χ1) is 14.3. The molecule has 1 heterocycles. The van der Waals surface area contributed by atoms with Gasteiger partial charge in [0.15, 0.2) is 0 Å². The summed E-state index contributed by atoms with van der Waals surface area (Å²) in [7, 11) is 0. The van der Waals surface area contributed by atoms with E-state index in [-0.39, 0.29) is 24.7 Å². The zero-order chi connectivity index (χ0) is 22.3. The molecule has 30 heavy (non-hydrogen) atoms. The minimum absolute atomic E-state index is 0.135. The molecule has 0 bridgehead atoms. The molecule has 8 heteroatoms. The molecule has 0 saturated carbocycles. The molecule has 158 valence electrons. The van der Waals surface area contributed by atoms with E-state index in [4.69, 9.17) is 14.6 Å². The highest BCUT2D eigenvalue weighted by atomic mass is 19.1. The predicted molar refractivity (Wildman–Crippen MR) is 112 cm³/mol. The van der Waals surface area contributed by atoms with Gasteiger partial charge in [-0.05, 0) is 49.7 Å². The number of nitrogens with one attached hydrogen (secondary N) is 1. The van der Waals surface area contributed by atoms with E-state index in [1.54, 1.807) is 12.1 Å². The number of anilines is 1. The van der Waals surface area contributed by atoms with Gasteiger partial charge in [0.1, 0.15) is 11.6 Å². The Hall–Kier alpha value is -3.52. The van der Waals surface area contributed by atoms with Crippen LogP contribution in [0.3, 0.4) is 0 Å². The lowest BCUT2D eigenvalue weighted by Crippen LogP contribution is -2.07. The maximum atomic E-state index is 14.3.